The molecule has 0 radical (unpaired) electrons. The van der Waals surface area contributed by atoms with Gasteiger partial charge in [0.05, 0.1) is 11.4 Å². The molecule has 15 heavy (non-hydrogen) atoms. The monoisotopic (exact) mass is 224 g/mol. The molecule has 3 N–H and O–H groups in total. The summed E-state index contributed by atoms with van der Waals surface area (Å²) in [6.45, 7) is 1.62. The summed E-state index contributed by atoms with van der Waals surface area (Å²) in [5.74, 6) is -0.182. The maximum absolute atomic E-state index is 11.7. The van der Waals surface area contributed by atoms with Gasteiger partial charge in [-0.3, -0.25) is 4.79 Å². The van der Waals surface area contributed by atoms with Crippen molar-refractivity contribution in [3.63, 3.8) is 0 Å². The molecule has 0 aliphatic carbocycles. The molecule has 2 aromatic rings. The Labute approximate surface area is 90.7 Å². The number of H-pyrrole nitrogens is 1. The molecule has 0 spiro atoms. The van der Waals surface area contributed by atoms with E-state index in [1.165, 1.54) is 6.33 Å². The van der Waals surface area contributed by atoms with Crippen LogP contribution in [0.15, 0.2) is 12.5 Å². The highest BCUT2D eigenvalue weighted by Crippen LogP contribution is 2.23. The zero-order valence-corrected chi connectivity index (χ0v) is 8.75. The van der Waals surface area contributed by atoms with Crippen LogP contribution >= 0.6 is 11.6 Å². The van der Waals surface area contributed by atoms with Gasteiger partial charge < -0.3 is 10.7 Å². The first-order chi connectivity index (χ1) is 7.11. The number of nitrogens with one attached hydrogen (secondary N) is 1. The van der Waals surface area contributed by atoms with Crippen LogP contribution in [0, 0.1) is 0 Å². The zero-order chi connectivity index (χ0) is 11.0. The number of aromatic amines is 1. The van der Waals surface area contributed by atoms with Crippen molar-refractivity contribution in [2.75, 3.05) is 0 Å². The summed E-state index contributed by atoms with van der Waals surface area (Å²) < 4.78 is 0. The number of rotatable bonds is 2. The summed E-state index contributed by atoms with van der Waals surface area (Å²) in [5.41, 5.74) is 6.50. The van der Waals surface area contributed by atoms with E-state index in [0.717, 1.165) is 0 Å². The Morgan fingerprint density at radius 2 is 2.33 bits per heavy atom. The number of halogens is 1. The second-order valence-corrected chi connectivity index (χ2v) is 3.60. The maximum atomic E-state index is 11.7. The summed E-state index contributed by atoms with van der Waals surface area (Å²) in [5, 5.41) is 0.784. The molecule has 0 bridgehead atoms. The first-order valence-electron chi connectivity index (χ1n) is 4.38. The zero-order valence-electron chi connectivity index (χ0n) is 7.99. The third-order valence-corrected chi connectivity index (χ3v) is 2.39. The SMILES string of the molecule is CC(N)C(=O)c1c[nH]c2ncnc(Cl)c12. The first kappa shape index (κ1) is 10.1. The number of aromatic nitrogens is 3. The second-order valence-electron chi connectivity index (χ2n) is 3.24. The fourth-order valence-electron chi connectivity index (χ4n) is 1.36. The standard InChI is InChI=1S/C9H9ClN4O/c1-4(11)7(15)5-2-12-9-6(5)8(10)13-3-14-9/h2-4H,11H2,1H3,(H,12,13,14). The molecule has 0 aromatic carbocycles. The van der Waals surface area contributed by atoms with Gasteiger partial charge in [-0.2, -0.15) is 0 Å². The highest BCUT2D eigenvalue weighted by atomic mass is 35.5. The minimum atomic E-state index is -0.569. The normalized spacial score (nSPS) is 13.0. The average Bonchev–Trinajstić information content (AvgIpc) is 2.61. The molecule has 1 unspecified atom stereocenters. The minimum Gasteiger partial charge on any atom is -0.345 e. The van der Waals surface area contributed by atoms with Crippen molar-refractivity contribution >= 4 is 28.4 Å². The van der Waals surface area contributed by atoms with Gasteiger partial charge in [0, 0.05) is 11.8 Å². The third kappa shape index (κ3) is 1.60. The average molecular weight is 225 g/mol. The van der Waals surface area contributed by atoms with Gasteiger partial charge in [0.15, 0.2) is 5.78 Å². The van der Waals surface area contributed by atoms with Crippen molar-refractivity contribution in [2.45, 2.75) is 13.0 Å². The van der Waals surface area contributed by atoms with E-state index in [1.807, 2.05) is 0 Å². The van der Waals surface area contributed by atoms with Crippen LogP contribution in [0.5, 0.6) is 0 Å². The molecule has 6 heteroatoms. The summed E-state index contributed by atoms with van der Waals surface area (Å²) in [7, 11) is 0. The van der Waals surface area contributed by atoms with Gasteiger partial charge in [0.25, 0.3) is 0 Å². The molecule has 0 amide bonds. The van der Waals surface area contributed by atoms with E-state index in [4.69, 9.17) is 17.3 Å². The number of fused-ring (bicyclic) bond motifs is 1. The number of carbonyl (C=O) groups is 1. The predicted molar refractivity (Wildman–Crippen MR) is 56.9 cm³/mol. The van der Waals surface area contributed by atoms with Crippen LogP contribution in [0.3, 0.4) is 0 Å². The van der Waals surface area contributed by atoms with Crippen molar-refractivity contribution in [1.29, 1.82) is 0 Å². The van der Waals surface area contributed by atoms with Crippen molar-refractivity contribution < 1.29 is 4.79 Å². The minimum absolute atomic E-state index is 0.182. The molecule has 2 heterocycles. The maximum Gasteiger partial charge on any atom is 0.181 e. The van der Waals surface area contributed by atoms with Gasteiger partial charge in [-0.25, -0.2) is 9.97 Å². The molecule has 1 atom stereocenters. The summed E-state index contributed by atoms with van der Waals surface area (Å²) in [6.07, 6.45) is 2.89. The van der Waals surface area contributed by atoms with E-state index < -0.39 is 6.04 Å². The molecule has 0 fully saturated rings. The van der Waals surface area contributed by atoms with Gasteiger partial charge >= 0.3 is 0 Å². The van der Waals surface area contributed by atoms with Gasteiger partial charge in [-0.1, -0.05) is 11.6 Å². The van der Waals surface area contributed by atoms with Crippen LogP contribution < -0.4 is 5.73 Å². The van der Waals surface area contributed by atoms with E-state index in [0.29, 0.717) is 16.6 Å². The Hall–Kier alpha value is -1.46. The number of hydrogen-bond donors (Lipinski definition) is 2. The smallest absolute Gasteiger partial charge is 0.181 e. The Morgan fingerprint density at radius 3 is 3.00 bits per heavy atom. The molecular formula is C9H9ClN4O. The largest absolute Gasteiger partial charge is 0.345 e. The predicted octanol–water partition coefficient (Wildman–Crippen LogP) is 1.14. The van der Waals surface area contributed by atoms with E-state index >= 15 is 0 Å². The van der Waals surface area contributed by atoms with Crippen LogP contribution in [0.2, 0.25) is 5.15 Å². The third-order valence-electron chi connectivity index (χ3n) is 2.10. The highest BCUT2D eigenvalue weighted by molar-refractivity contribution is 6.35. The Balaban J connectivity index is 2.67. The van der Waals surface area contributed by atoms with Crippen molar-refractivity contribution in [3.05, 3.63) is 23.2 Å². The fourth-order valence-corrected chi connectivity index (χ4v) is 1.60. The van der Waals surface area contributed by atoms with Crippen molar-refractivity contribution in [1.82, 2.24) is 15.0 Å². The van der Waals surface area contributed by atoms with E-state index in [9.17, 15) is 4.79 Å². The number of nitrogens with zero attached hydrogens (tertiary/aromatic N) is 2. The van der Waals surface area contributed by atoms with Gasteiger partial charge in [-0.05, 0) is 6.92 Å². The van der Waals surface area contributed by atoms with Crippen LogP contribution in [0.4, 0.5) is 0 Å². The number of nitrogens with two attached hydrogens (primary N) is 1. The fraction of sp³-hybridized carbons (Fsp3) is 0.222. The molecule has 0 saturated carbocycles. The van der Waals surface area contributed by atoms with Crippen LogP contribution in [0.1, 0.15) is 17.3 Å². The lowest BCUT2D eigenvalue weighted by Gasteiger charge is -2.02. The molecule has 0 aliphatic rings. The van der Waals surface area contributed by atoms with E-state index in [-0.39, 0.29) is 10.9 Å². The topological polar surface area (TPSA) is 84.7 Å². The Bertz CT molecular complexity index is 520. The summed E-state index contributed by atoms with van der Waals surface area (Å²) >= 11 is 5.89. The van der Waals surface area contributed by atoms with Crippen molar-refractivity contribution in [2.24, 2.45) is 5.73 Å². The molecular weight excluding hydrogens is 216 g/mol. The number of ketones is 1. The highest BCUT2D eigenvalue weighted by Gasteiger charge is 2.18. The number of carbonyl (C=O) groups excluding carboxylic acids is 1. The molecule has 0 saturated heterocycles. The number of hydrogen-bond acceptors (Lipinski definition) is 4. The van der Waals surface area contributed by atoms with E-state index in [2.05, 4.69) is 15.0 Å². The second kappa shape index (κ2) is 3.60. The number of Topliss-reactive ketones (excluding diaryl/α,β-unsaturated/α-hetero) is 1. The van der Waals surface area contributed by atoms with Crippen LogP contribution in [-0.2, 0) is 0 Å². The lowest BCUT2D eigenvalue weighted by molar-refractivity contribution is 0.0969. The van der Waals surface area contributed by atoms with Gasteiger partial charge in [0.1, 0.15) is 17.1 Å². The van der Waals surface area contributed by atoms with Gasteiger partial charge in [0.2, 0.25) is 0 Å². The van der Waals surface area contributed by atoms with Crippen molar-refractivity contribution in [3.8, 4) is 0 Å². The summed E-state index contributed by atoms with van der Waals surface area (Å²) in [4.78, 5) is 22.3. The quantitative estimate of drug-likeness (QED) is 0.592. The Kier molecular flexibility index (Phi) is 2.42. The molecule has 2 aromatic heterocycles. The van der Waals surface area contributed by atoms with Crippen LogP contribution in [-0.4, -0.2) is 26.8 Å². The summed E-state index contributed by atoms with van der Waals surface area (Å²) in [6, 6.07) is -0.569. The van der Waals surface area contributed by atoms with Gasteiger partial charge in [-0.15, -0.1) is 0 Å². The molecule has 5 nitrogen and oxygen atoms in total. The lowest BCUT2D eigenvalue weighted by Crippen LogP contribution is -2.26. The lowest BCUT2D eigenvalue weighted by atomic mass is 10.1. The molecule has 2 rings (SSSR count). The Morgan fingerprint density at radius 1 is 1.60 bits per heavy atom. The first-order valence-corrected chi connectivity index (χ1v) is 4.76. The van der Waals surface area contributed by atoms with E-state index in [1.54, 1.807) is 13.1 Å². The van der Waals surface area contributed by atoms with Crippen LogP contribution in [0.25, 0.3) is 11.0 Å². The molecule has 78 valence electrons. The molecule has 0 aliphatic heterocycles.